The molecule has 1 aromatic heterocycles. The molecule has 0 unspecified atom stereocenters. The largest absolute Gasteiger partial charge is 0.444 e. The number of piperazine rings is 1. The zero-order valence-electron chi connectivity index (χ0n) is 18.9. The SMILES string of the molecule is Cc1c(Cl)cccc1S(=O)(=O)Nc1ncc(CC(=O)N2CCN(C(=O)OC(C)(C)C)CC2)s1. The van der Waals surface area contributed by atoms with E-state index in [-0.39, 0.29) is 28.4 Å². The Balaban J connectivity index is 1.56. The summed E-state index contributed by atoms with van der Waals surface area (Å²) in [5.41, 5.74) is -0.120. The van der Waals surface area contributed by atoms with E-state index >= 15 is 0 Å². The first kappa shape index (κ1) is 25.3. The topological polar surface area (TPSA) is 109 Å². The van der Waals surface area contributed by atoms with Gasteiger partial charge in [-0.3, -0.25) is 9.52 Å². The summed E-state index contributed by atoms with van der Waals surface area (Å²) in [6, 6.07) is 4.66. The number of nitrogens with zero attached hydrogens (tertiary/aromatic N) is 3. The van der Waals surface area contributed by atoms with Gasteiger partial charge in [0.15, 0.2) is 5.13 Å². The number of anilines is 1. The van der Waals surface area contributed by atoms with E-state index in [1.807, 2.05) is 20.8 Å². The monoisotopic (exact) mass is 514 g/mol. The minimum Gasteiger partial charge on any atom is -0.444 e. The normalized spacial score (nSPS) is 14.8. The van der Waals surface area contributed by atoms with Gasteiger partial charge in [-0.05, 0) is 45.4 Å². The lowest BCUT2D eigenvalue weighted by atomic mass is 10.2. The number of ether oxygens (including phenoxy) is 1. The molecule has 1 fully saturated rings. The maximum atomic E-state index is 12.7. The molecule has 2 amide bonds. The quantitative estimate of drug-likeness (QED) is 0.653. The molecule has 3 rings (SSSR count). The Morgan fingerprint density at radius 1 is 1.18 bits per heavy atom. The molecule has 12 heteroatoms. The predicted octanol–water partition coefficient (Wildman–Crippen LogP) is 3.53. The summed E-state index contributed by atoms with van der Waals surface area (Å²) < 4.78 is 33.2. The molecule has 1 N–H and O–H groups in total. The molecular weight excluding hydrogens is 488 g/mol. The lowest BCUT2D eigenvalue weighted by molar-refractivity contribution is -0.132. The first-order valence-corrected chi connectivity index (χ1v) is 13.0. The molecule has 1 saturated heterocycles. The molecule has 0 bridgehead atoms. The number of thiazole rings is 1. The van der Waals surface area contributed by atoms with Gasteiger partial charge in [0.2, 0.25) is 5.91 Å². The summed E-state index contributed by atoms with van der Waals surface area (Å²) in [7, 11) is -3.86. The van der Waals surface area contributed by atoms with Crippen molar-refractivity contribution in [2.24, 2.45) is 0 Å². The number of nitrogens with one attached hydrogen (secondary N) is 1. The van der Waals surface area contributed by atoms with Crippen LogP contribution in [-0.2, 0) is 26.0 Å². The average molecular weight is 515 g/mol. The van der Waals surface area contributed by atoms with E-state index in [1.54, 1.807) is 28.9 Å². The van der Waals surface area contributed by atoms with Crippen molar-refractivity contribution in [3.05, 3.63) is 39.9 Å². The van der Waals surface area contributed by atoms with E-state index in [0.717, 1.165) is 11.3 Å². The van der Waals surface area contributed by atoms with Gasteiger partial charge in [-0.15, -0.1) is 11.3 Å². The predicted molar refractivity (Wildman–Crippen MR) is 127 cm³/mol. The van der Waals surface area contributed by atoms with Crippen LogP contribution in [0.5, 0.6) is 0 Å². The minimum atomic E-state index is -3.86. The standard InChI is InChI=1S/C21H27ClN4O5S2/c1-14-16(22)6-5-7-17(14)33(29,30)24-19-23-13-15(32-19)12-18(27)25-8-10-26(11-9-25)20(28)31-21(2,3)4/h5-7,13H,8-12H2,1-4H3,(H,23,24). The molecule has 0 aliphatic carbocycles. The zero-order valence-corrected chi connectivity index (χ0v) is 21.3. The number of carbonyl (C=O) groups is 2. The Morgan fingerprint density at radius 2 is 1.82 bits per heavy atom. The van der Waals surface area contributed by atoms with Crippen molar-refractivity contribution in [1.29, 1.82) is 0 Å². The van der Waals surface area contributed by atoms with Crippen LogP contribution in [0.25, 0.3) is 0 Å². The van der Waals surface area contributed by atoms with Gasteiger partial charge < -0.3 is 14.5 Å². The third-order valence-electron chi connectivity index (χ3n) is 4.89. The number of carbonyl (C=O) groups excluding carboxylic acids is 2. The average Bonchev–Trinajstić information content (AvgIpc) is 3.14. The third kappa shape index (κ3) is 6.58. The number of hydrogen-bond acceptors (Lipinski definition) is 7. The summed E-state index contributed by atoms with van der Waals surface area (Å²) in [6.07, 6.45) is 1.20. The van der Waals surface area contributed by atoms with Crippen LogP contribution in [0, 0.1) is 6.92 Å². The summed E-state index contributed by atoms with van der Waals surface area (Å²) in [4.78, 5) is 32.9. The van der Waals surface area contributed by atoms with Gasteiger partial charge in [-0.2, -0.15) is 0 Å². The van der Waals surface area contributed by atoms with Crippen molar-refractivity contribution in [1.82, 2.24) is 14.8 Å². The Kier molecular flexibility index (Phi) is 7.55. The summed E-state index contributed by atoms with van der Waals surface area (Å²) >= 11 is 7.14. The first-order valence-electron chi connectivity index (χ1n) is 10.3. The summed E-state index contributed by atoms with van der Waals surface area (Å²) in [6.45, 7) is 8.67. The number of benzene rings is 1. The van der Waals surface area contributed by atoms with Crippen molar-refractivity contribution in [2.45, 2.75) is 44.6 Å². The van der Waals surface area contributed by atoms with Gasteiger partial charge in [-0.25, -0.2) is 18.2 Å². The second-order valence-corrected chi connectivity index (χ2v) is 11.8. The lowest BCUT2D eigenvalue weighted by Crippen LogP contribution is -2.51. The highest BCUT2D eigenvalue weighted by molar-refractivity contribution is 7.93. The van der Waals surface area contributed by atoms with Gasteiger partial charge in [0, 0.05) is 42.3 Å². The summed E-state index contributed by atoms with van der Waals surface area (Å²) in [5, 5.41) is 0.530. The van der Waals surface area contributed by atoms with Crippen molar-refractivity contribution in [3.8, 4) is 0 Å². The van der Waals surface area contributed by atoms with Crippen LogP contribution in [0.2, 0.25) is 5.02 Å². The fourth-order valence-electron chi connectivity index (χ4n) is 3.21. The highest BCUT2D eigenvalue weighted by Crippen LogP contribution is 2.27. The highest BCUT2D eigenvalue weighted by atomic mass is 35.5. The minimum absolute atomic E-state index is 0.0747. The molecule has 1 aromatic carbocycles. The number of halogens is 1. The Labute approximate surface area is 202 Å². The molecule has 180 valence electrons. The molecule has 0 saturated carbocycles. The van der Waals surface area contributed by atoms with E-state index in [1.165, 1.54) is 12.3 Å². The van der Waals surface area contributed by atoms with Crippen LogP contribution in [0.4, 0.5) is 9.93 Å². The van der Waals surface area contributed by atoms with E-state index in [0.29, 0.717) is 41.6 Å². The van der Waals surface area contributed by atoms with Crippen molar-refractivity contribution in [2.75, 3.05) is 30.9 Å². The highest BCUT2D eigenvalue weighted by Gasteiger charge is 2.28. The molecule has 0 atom stereocenters. The second-order valence-electron chi connectivity index (χ2n) is 8.63. The van der Waals surface area contributed by atoms with Gasteiger partial charge in [0.1, 0.15) is 5.60 Å². The van der Waals surface area contributed by atoms with Gasteiger partial charge in [0.25, 0.3) is 10.0 Å². The molecular formula is C21H27ClN4O5S2. The molecule has 33 heavy (non-hydrogen) atoms. The maximum Gasteiger partial charge on any atom is 0.410 e. The van der Waals surface area contributed by atoms with Crippen LogP contribution in [0.1, 0.15) is 31.2 Å². The van der Waals surface area contributed by atoms with E-state index in [4.69, 9.17) is 16.3 Å². The smallest absolute Gasteiger partial charge is 0.410 e. The van der Waals surface area contributed by atoms with Gasteiger partial charge in [-0.1, -0.05) is 17.7 Å². The third-order valence-corrected chi connectivity index (χ3v) is 7.83. The molecule has 2 aromatic rings. The fourth-order valence-corrected chi connectivity index (χ4v) is 5.76. The number of amides is 2. The van der Waals surface area contributed by atoms with Crippen molar-refractivity contribution < 1.29 is 22.7 Å². The van der Waals surface area contributed by atoms with Crippen LogP contribution >= 0.6 is 22.9 Å². The Bertz CT molecular complexity index is 1140. The number of hydrogen-bond donors (Lipinski definition) is 1. The van der Waals surface area contributed by atoms with E-state index in [2.05, 4.69) is 9.71 Å². The Hall–Kier alpha value is -2.37. The molecule has 2 heterocycles. The molecule has 1 aliphatic rings. The van der Waals surface area contributed by atoms with Gasteiger partial charge in [0.05, 0.1) is 11.3 Å². The lowest BCUT2D eigenvalue weighted by Gasteiger charge is -2.35. The molecule has 0 spiro atoms. The Morgan fingerprint density at radius 3 is 2.45 bits per heavy atom. The van der Waals surface area contributed by atoms with Crippen molar-refractivity contribution >= 4 is 50.1 Å². The molecule has 1 aliphatic heterocycles. The zero-order chi connectivity index (χ0) is 24.4. The number of aromatic nitrogens is 1. The molecule has 9 nitrogen and oxygen atoms in total. The van der Waals surface area contributed by atoms with E-state index in [9.17, 15) is 18.0 Å². The van der Waals surface area contributed by atoms with E-state index < -0.39 is 15.6 Å². The molecule has 0 radical (unpaired) electrons. The first-order chi connectivity index (χ1) is 15.4. The van der Waals surface area contributed by atoms with Crippen LogP contribution in [0.15, 0.2) is 29.3 Å². The fraction of sp³-hybridized carbons (Fsp3) is 0.476. The second kappa shape index (κ2) is 9.86. The summed E-state index contributed by atoms with van der Waals surface area (Å²) in [5.74, 6) is -0.109. The van der Waals surface area contributed by atoms with Gasteiger partial charge >= 0.3 is 6.09 Å². The van der Waals surface area contributed by atoms with Crippen LogP contribution in [0.3, 0.4) is 0 Å². The number of sulfonamides is 1. The van der Waals surface area contributed by atoms with Crippen LogP contribution < -0.4 is 4.72 Å². The van der Waals surface area contributed by atoms with Crippen LogP contribution in [-0.4, -0.2) is 67.0 Å². The number of rotatable bonds is 5. The maximum absolute atomic E-state index is 12.7. The van der Waals surface area contributed by atoms with Crippen molar-refractivity contribution in [3.63, 3.8) is 0 Å².